The molecule has 2 fully saturated rings. The zero-order valence-electron chi connectivity index (χ0n) is 19.4. The zero-order valence-corrected chi connectivity index (χ0v) is 20.2. The molecule has 35 heavy (non-hydrogen) atoms. The Balaban J connectivity index is 1.33. The lowest BCUT2D eigenvalue weighted by molar-refractivity contribution is 0.157. The van der Waals surface area contributed by atoms with Gasteiger partial charge in [-0.1, -0.05) is 6.92 Å². The normalized spacial score (nSPS) is 17.7. The number of carbonyl (C=O) groups excluding carboxylic acids is 1. The van der Waals surface area contributed by atoms with Gasteiger partial charge in [-0.15, -0.1) is 16.4 Å². The maximum Gasteiger partial charge on any atom is 0.410 e. The number of imidazole rings is 1. The molecule has 1 aromatic carbocycles. The summed E-state index contributed by atoms with van der Waals surface area (Å²) in [5.41, 5.74) is 3.35. The van der Waals surface area contributed by atoms with Crippen LogP contribution in [0.15, 0.2) is 41.8 Å². The molecule has 0 aliphatic carbocycles. The summed E-state index contributed by atoms with van der Waals surface area (Å²) in [5, 5.41) is 7.72. The highest BCUT2D eigenvalue weighted by atomic mass is 32.1. The van der Waals surface area contributed by atoms with E-state index in [2.05, 4.69) is 11.8 Å². The van der Waals surface area contributed by atoms with Crippen LogP contribution in [0.4, 0.5) is 26.0 Å². The summed E-state index contributed by atoms with van der Waals surface area (Å²) < 4.78 is 20.4. The molecule has 2 aliphatic heterocycles. The highest BCUT2D eigenvalue weighted by molar-refractivity contribution is 7.14. The number of anilines is 3. The molecule has 0 bridgehead atoms. The quantitative estimate of drug-likeness (QED) is 0.416. The number of rotatable bonds is 5. The van der Waals surface area contributed by atoms with Crippen LogP contribution in [0.5, 0.6) is 0 Å². The topological polar surface area (TPSA) is 79.1 Å². The van der Waals surface area contributed by atoms with E-state index in [1.807, 2.05) is 34.0 Å². The van der Waals surface area contributed by atoms with E-state index in [1.165, 1.54) is 23.5 Å². The van der Waals surface area contributed by atoms with Crippen LogP contribution in [0, 0.1) is 5.82 Å². The maximum atomic E-state index is 13.3. The number of aromatic nitrogens is 4. The first-order chi connectivity index (χ1) is 17.0. The SMILES string of the molecule is CCc1nc2ccc(N3CCN4C(=O)OCC4C3)nn2c1N(C)c1nc(-c2ccc(F)cc2)cs1. The van der Waals surface area contributed by atoms with E-state index < -0.39 is 0 Å². The fourth-order valence-electron chi connectivity index (χ4n) is 4.66. The van der Waals surface area contributed by atoms with Gasteiger partial charge in [0.1, 0.15) is 18.2 Å². The highest BCUT2D eigenvalue weighted by Crippen LogP contribution is 2.34. The van der Waals surface area contributed by atoms with E-state index in [0.29, 0.717) is 26.2 Å². The minimum absolute atomic E-state index is 0.0464. The van der Waals surface area contributed by atoms with Gasteiger partial charge in [0.05, 0.1) is 17.4 Å². The summed E-state index contributed by atoms with van der Waals surface area (Å²) >= 11 is 1.52. The minimum atomic E-state index is -0.269. The number of fused-ring (bicyclic) bond motifs is 2. The molecule has 0 N–H and O–H groups in total. The Labute approximate surface area is 205 Å². The Kier molecular flexibility index (Phi) is 5.28. The molecule has 2 aliphatic rings. The molecular weight excluding hydrogens is 469 g/mol. The fourth-order valence-corrected chi connectivity index (χ4v) is 5.46. The summed E-state index contributed by atoms with van der Waals surface area (Å²) in [7, 11) is 1.96. The van der Waals surface area contributed by atoms with Crippen LogP contribution < -0.4 is 9.80 Å². The van der Waals surface area contributed by atoms with Gasteiger partial charge in [0.15, 0.2) is 16.6 Å². The van der Waals surface area contributed by atoms with Crippen molar-refractivity contribution < 1.29 is 13.9 Å². The zero-order chi connectivity index (χ0) is 24.1. The Hall–Kier alpha value is -3.73. The number of halogens is 1. The predicted octanol–water partition coefficient (Wildman–Crippen LogP) is 3.96. The van der Waals surface area contributed by atoms with Crippen molar-refractivity contribution in [1.82, 2.24) is 24.5 Å². The lowest BCUT2D eigenvalue weighted by atomic mass is 10.2. The lowest BCUT2D eigenvalue weighted by Crippen LogP contribution is -2.52. The molecular formula is C24H24FN7O2S. The monoisotopic (exact) mass is 493 g/mol. The number of aryl methyl sites for hydroxylation is 1. The van der Waals surface area contributed by atoms with E-state index >= 15 is 0 Å². The molecule has 2 saturated heterocycles. The van der Waals surface area contributed by atoms with Gasteiger partial charge in [0.2, 0.25) is 0 Å². The van der Waals surface area contributed by atoms with Gasteiger partial charge >= 0.3 is 6.09 Å². The Bertz CT molecular complexity index is 1400. The maximum absolute atomic E-state index is 13.3. The summed E-state index contributed by atoms with van der Waals surface area (Å²) in [4.78, 5) is 27.4. The first-order valence-corrected chi connectivity index (χ1v) is 12.4. The first-order valence-electron chi connectivity index (χ1n) is 11.5. The van der Waals surface area contributed by atoms with Crippen LogP contribution >= 0.6 is 11.3 Å². The van der Waals surface area contributed by atoms with Crippen LogP contribution in [0.25, 0.3) is 16.9 Å². The third kappa shape index (κ3) is 3.75. The average molecular weight is 494 g/mol. The number of hydrogen-bond acceptors (Lipinski definition) is 8. The molecule has 0 saturated carbocycles. The van der Waals surface area contributed by atoms with Crippen molar-refractivity contribution in [1.29, 1.82) is 0 Å². The second-order valence-corrected chi connectivity index (χ2v) is 9.49. The number of cyclic esters (lactones) is 1. The molecule has 9 nitrogen and oxygen atoms in total. The Morgan fingerprint density at radius 3 is 2.80 bits per heavy atom. The van der Waals surface area contributed by atoms with E-state index in [4.69, 9.17) is 19.8 Å². The fraction of sp³-hybridized carbons (Fsp3) is 0.333. The lowest BCUT2D eigenvalue weighted by Gasteiger charge is -2.35. The van der Waals surface area contributed by atoms with Gasteiger partial charge in [-0.3, -0.25) is 4.90 Å². The molecule has 4 aromatic rings. The molecule has 1 unspecified atom stereocenters. The smallest absolute Gasteiger partial charge is 0.410 e. The molecule has 5 heterocycles. The number of ether oxygens (including phenoxy) is 1. The molecule has 11 heteroatoms. The molecule has 1 amide bonds. The van der Waals surface area contributed by atoms with Crippen molar-refractivity contribution in [2.75, 3.05) is 43.1 Å². The van der Waals surface area contributed by atoms with E-state index in [0.717, 1.165) is 45.8 Å². The molecule has 0 spiro atoms. The van der Waals surface area contributed by atoms with Gasteiger partial charge < -0.3 is 14.5 Å². The van der Waals surface area contributed by atoms with Crippen LogP contribution in [-0.4, -0.2) is 69.9 Å². The number of nitrogens with zero attached hydrogens (tertiary/aromatic N) is 7. The van der Waals surface area contributed by atoms with Crippen molar-refractivity contribution in [2.24, 2.45) is 0 Å². The largest absolute Gasteiger partial charge is 0.447 e. The summed E-state index contributed by atoms with van der Waals surface area (Å²) in [6.45, 7) is 4.47. The van der Waals surface area contributed by atoms with Crippen molar-refractivity contribution in [3.8, 4) is 11.3 Å². The number of amides is 1. The Morgan fingerprint density at radius 2 is 2.00 bits per heavy atom. The highest BCUT2D eigenvalue weighted by Gasteiger charge is 2.38. The summed E-state index contributed by atoms with van der Waals surface area (Å²) in [5.74, 6) is 1.43. The second kappa shape index (κ2) is 8.49. The van der Waals surface area contributed by atoms with Gasteiger partial charge in [0, 0.05) is 37.6 Å². The molecule has 6 rings (SSSR count). The van der Waals surface area contributed by atoms with E-state index in [9.17, 15) is 9.18 Å². The molecule has 3 aromatic heterocycles. The summed E-state index contributed by atoms with van der Waals surface area (Å²) in [6.07, 6.45) is 0.516. The second-order valence-electron chi connectivity index (χ2n) is 8.65. The third-order valence-electron chi connectivity index (χ3n) is 6.52. The predicted molar refractivity (Wildman–Crippen MR) is 132 cm³/mol. The van der Waals surface area contributed by atoms with Crippen molar-refractivity contribution >= 4 is 39.8 Å². The first kappa shape index (κ1) is 21.8. The van der Waals surface area contributed by atoms with Crippen LogP contribution in [0.2, 0.25) is 0 Å². The average Bonchev–Trinajstić information content (AvgIpc) is 3.60. The number of hydrogen-bond donors (Lipinski definition) is 0. The standard InChI is InChI=1S/C24H24FN7O2S/c1-3-18-22(29(2)23-27-19(14-35-23)15-4-6-16(25)7-5-15)32-20(26-18)8-9-21(28-32)30-10-11-31-17(12-30)13-34-24(31)33/h4-9,14,17H,3,10-13H2,1-2H3. The number of piperazine rings is 1. The van der Waals surface area contributed by atoms with E-state index in [1.54, 1.807) is 17.0 Å². The van der Waals surface area contributed by atoms with Crippen LogP contribution in [0.1, 0.15) is 12.6 Å². The van der Waals surface area contributed by atoms with Crippen LogP contribution in [0.3, 0.4) is 0 Å². The van der Waals surface area contributed by atoms with Gasteiger partial charge in [-0.25, -0.2) is 19.2 Å². The molecule has 180 valence electrons. The van der Waals surface area contributed by atoms with Crippen molar-refractivity contribution in [2.45, 2.75) is 19.4 Å². The molecule has 1 atom stereocenters. The third-order valence-corrected chi connectivity index (χ3v) is 7.44. The van der Waals surface area contributed by atoms with Gasteiger partial charge in [-0.2, -0.15) is 4.52 Å². The van der Waals surface area contributed by atoms with Gasteiger partial charge in [0.25, 0.3) is 0 Å². The number of carbonyl (C=O) groups is 1. The van der Waals surface area contributed by atoms with Crippen molar-refractivity contribution in [3.63, 3.8) is 0 Å². The van der Waals surface area contributed by atoms with Gasteiger partial charge in [-0.05, 0) is 42.8 Å². The summed E-state index contributed by atoms with van der Waals surface area (Å²) in [6, 6.07) is 10.4. The molecule has 0 radical (unpaired) electrons. The Morgan fingerprint density at radius 1 is 1.17 bits per heavy atom. The van der Waals surface area contributed by atoms with Crippen LogP contribution in [-0.2, 0) is 11.2 Å². The minimum Gasteiger partial charge on any atom is -0.447 e. The number of thiazole rings is 1. The number of benzene rings is 1. The van der Waals surface area contributed by atoms with E-state index in [-0.39, 0.29) is 18.0 Å². The van der Waals surface area contributed by atoms with Crippen molar-refractivity contribution in [3.05, 3.63) is 53.3 Å².